The highest BCUT2D eigenvalue weighted by atomic mass is 79.9. The molecule has 0 spiro atoms. The minimum atomic E-state index is -0.560. The van der Waals surface area contributed by atoms with E-state index in [0.717, 1.165) is 0 Å². The average Bonchev–Trinajstić information content (AvgIpc) is 2.26. The highest BCUT2D eigenvalue weighted by molar-refractivity contribution is 9.10. The molecular formula is C10H14BrN3O3. The van der Waals surface area contributed by atoms with Crippen LogP contribution in [0.3, 0.4) is 0 Å². The van der Waals surface area contributed by atoms with E-state index in [4.69, 9.17) is 0 Å². The molecule has 1 aromatic rings. The minimum absolute atomic E-state index is 0.0853. The molecule has 94 valence electrons. The molecule has 2 N–H and O–H groups in total. The van der Waals surface area contributed by atoms with Gasteiger partial charge in [-0.25, -0.2) is 0 Å². The molecular weight excluding hydrogens is 290 g/mol. The van der Waals surface area contributed by atoms with Crippen molar-refractivity contribution in [2.24, 2.45) is 5.92 Å². The number of pyridine rings is 1. The molecule has 6 nitrogen and oxygen atoms in total. The summed E-state index contributed by atoms with van der Waals surface area (Å²) in [7, 11) is 0. The standard InChI is InChI=1S/C10H14BrN3O3/c1-6(2)9(15)5-13-10-7(11)3-12-4-8(10)14(16)17/h3-4,6,9,15H,5H2,1-2H3,(H,12,13). The molecule has 0 aliphatic carbocycles. The van der Waals surface area contributed by atoms with Crippen LogP contribution in [0.4, 0.5) is 11.4 Å². The largest absolute Gasteiger partial charge is 0.391 e. The Bertz CT molecular complexity index is 412. The first-order chi connectivity index (χ1) is 7.93. The number of hydrogen-bond donors (Lipinski definition) is 2. The van der Waals surface area contributed by atoms with Gasteiger partial charge in [0.1, 0.15) is 11.9 Å². The van der Waals surface area contributed by atoms with E-state index in [9.17, 15) is 15.2 Å². The fraction of sp³-hybridized carbons (Fsp3) is 0.500. The predicted molar refractivity (Wildman–Crippen MR) is 67.9 cm³/mol. The third-order valence-electron chi connectivity index (χ3n) is 2.33. The van der Waals surface area contributed by atoms with Gasteiger partial charge < -0.3 is 10.4 Å². The van der Waals surface area contributed by atoms with Gasteiger partial charge in [-0.15, -0.1) is 0 Å². The van der Waals surface area contributed by atoms with Crippen LogP contribution in [-0.2, 0) is 0 Å². The Morgan fingerprint density at radius 2 is 2.24 bits per heavy atom. The van der Waals surface area contributed by atoms with Crippen LogP contribution in [0.5, 0.6) is 0 Å². The lowest BCUT2D eigenvalue weighted by atomic mass is 10.1. The number of aliphatic hydroxyl groups is 1. The first kappa shape index (κ1) is 13.9. The Hall–Kier alpha value is -1.21. The number of nitrogens with one attached hydrogen (secondary N) is 1. The van der Waals surface area contributed by atoms with E-state index in [2.05, 4.69) is 26.2 Å². The molecule has 0 fully saturated rings. The van der Waals surface area contributed by atoms with Crippen LogP contribution in [0.1, 0.15) is 13.8 Å². The number of nitro groups is 1. The number of aromatic nitrogens is 1. The van der Waals surface area contributed by atoms with Gasteiger partial charge in [-0.3, -0.25) is 15.1 Å². The van der Waals surface area contributed by atoms with Gasteiger partial charge in [0.05, 0.1) is 15.5 Å². The van der Waals surface area contributed by atoms with E-state index in [1.807, 2.05) is 13.8 Å². The van der Waals surface area contributed by atoms with E-state index < -0.39 is 11.0 Å². The molecule has 0 saturated carbocycles. The average molecular weight is 304 g/mol. The summed E-state index contributed by atoms with van der Waals surface area (Å²) >= 11 is 3.19. The molecule has 0 aromatic carbocycles. The van der Waals surface area contributed by atoms with Crippen molar-refractivity contribution in [3.05, 3.63) is 27.0 Å². The normalized spacial score (nSPS) is 12.5. The van der Waals surface area contributed by atoms with Gasteiger partial charge >= 0.3 is 5.69 Å². The van der Waals surface area contributed by atoms with Crippen LogP contribution >= 0.6 is 15.9 Å². The molecule has 0 aliphatic heterocycles. The zero-order valence-corrected chi connectivity index (χ0v) is 11.1. The Labute approximate surface area is 107 Å². The van der Waals surface area contributed by atoms with Gasteiger partial charge in [-0.2, -0.15) is 0 Å². The third-order valence-corrected chi connectivity index (χ3v) is 2.94. The Morgan fingerprint density at radius 3 is 2.76 bits per heavy atom. The first-order valence-electron chi connectivity index (χ1n) is 5.13. The lowest BCUT2D eigenvalue weighted by molar-refractivity contribution is -0.384. The number of aliphatic hydroxyl groups excluding tert-OH is 1. The summed E-state index contributed by atoms with van der Waals surface area (Å²) in [6.07, 6.45) is 2.08. The van der Waals surface area contributed by atoms with Gasteiger partial charge in [0.2, 0.25) is 0 Å². The lowest BCUT2D eigenvalue weighted by Crippen LogP contribution is -2.25. The highest BCUT2D eigenvalue weighted by Gasteiger charge is 2.18. The smallest absolute Gasteiger partial charge is 0.311 e. The van der Waals surface area contributed by atoms with Crippen molar-refractivity contribution in [3.63, 3.8) is 0 Å². The quantitative estimate of drug-likeness (QED) is 0.643. The van der Waals surface area contributed by atoms with Crippen molar-refractivity contribution in [1.82, 2.24) is 4.98 Å². The maximum Gasteiger partial charge on any atom is 0.311 e. The second-order valence-corrected chi connectivity index (χ2v) is 4.82. The summed E-state index contributed by atoms with van der Waals surface area (Å²) in [6.45, 7) is 4.01. The summed E-state index contributed by atoms with van der Waals surface area (Å²) in [5.41, 5.74) is 0.222. The molecule has 0 saturated heterocycles. The van der Waals surface area contributed by atoms with Gasteiger partial charge in [0.25, 0.3) is 0 Å². The summed E-state index contributed by atoms with van der Waals surface area (Å²) in [6, 6.07) is 0. The SMILES string of the molecule is CC(C)C(O)CNc1c(Br)cncc1[N+](=O)[O-]. The van der Waals surface area contributed by atoms with Crippen molar-refractivity contribution in [1.29, 1.82) is 0 Å². The molecule has 1 atom stereocenters. The van der Waals surface area contributed by atoms with E-state index in [-0.39, 0.29) is 18.2 Å². The third kappa shape index (κ3) is 3.64. The molecule has 7 heteroatoms. The van der Waals surface area contributed by atoms with Crippen molar-refractivity contribution >= 4 is 27.3 Å². The number of hydrogen-bond acceptors (Lipinski definition) is 5. The summed E-state index contributed by atoms with van der Waals surface area (Å²) in [4.78, 5) is 14.0. The van der Waals surface area contributed by atoms with Gasteiger partial charge in [0.15, 0.2) is 0 Å². The predicted octanol–water partition coefficient (Wildman–Crippen LogP) is 2.18. The number of anilines is 1. The highest BCUT2D eigenvalue weighted by Crippen LogP contribution is 2.30. The summed E-state index contributed by atoms with van der Waals surface area (Å²) < 4.78 is 0.502. The molecule has 0 amide bonds. The van der Waals surface area contributed by atoms with Crippen LogP contribution in [0, 0.1) is 16.0 Å². The molecule has 1 unspecified atom stereocenters. The molecule has 1 heterocycles. The Balaban J connectivity index is 2.86. The number of nitrogens with zero attached hydrogens (tertiary/aromatic N) is 2. The van der Waals surface area contributed by atoms with Crippen LogP contribution < -0.4 is 5.32 Å². The van der Waals surface area contributed by atoms with E-state index in [1.165, 1.54) is 12.4 Å². The summed E-state index contributed by atoms with van der Waals surface area (Å²) in [5.74, 6) is 0.0853. The monoisotopic (exact) mass is 303 g/mol. The second-order valence-electron chi connectivity index (χ2n) is 3.96. The maximum absolute atomic E-state index is 10.8. The van der Waals surface area contributed by atoms with Crippen LogP contribution in [0.25, 0.3) is 0 Å². The zero-order chi connectivity index (χ0) is 13.0. The molecule has 1 aromatic heterocycles. The van der Waals surface area contributed by atoms with Gasteiger partial charge in [-0.05, 0) is 21.8 Å². The molecule has 1 rings (SSSR count). The van der Waals surface area contributed by atoms with Crippen LogP contribution in [-0.4, -0.2) is 27.7 Å². The molecule has 0 radical (unpaired) electrons. The van der Waals surface area contributed by atoms with Crippen LogP contribution in [0.2, 0.25) is 0 Å². The van der Waals surface area contributed by atoms with E-state index in [1.54, 1.807) is 0 Å². The molecule has 0 bridgehead atoms. The van der Waals surface area contributed by atoms with Gasteiger partial charge in [-0.1, -0.05) is 13.8 Å². The van der Waals surface area contributed by atoms with Crippen molar-refractivity contribution in [2.75, 3.05) is 11.9 Å². The van der Waals surface area contributed by atoms with E-state index >= 15 is 0 Å². The maximum atomic E-state index is 10.8. The molecule has 0 aliphatic rings. The molecule has 17 heavy (non-hydrogen) atoms. The fourth-order valence-electron chi connectivity index (χ4n) is 1.18. The summed E-state index contributed by atoms with van der Waals surface area (Å²) in [5, 5.41) is 23.3. The topological polar surface area (TPSA) is 88.3 Å². The fourth-order valence-corrected chi connectivity index (χ4v) is 1.64. The minimum Gasteiger partial charge on any atom is -0.391 e. The van der Waals surface area contributed by atoms with Crippen LogP contribution in [0.15, 0.2) is 16.9 Å². The second kappa shape index (κ2) is 5.92. The van der Waals surface area contributed by atoms with Crippen molar-refractivity contribution < 1.29 is 10.0 Å². The number of rotatable bonds is 5. The van der Waals surface area contributed by atoms with Crippen molar-refractivity contribution in [3.8, 4) is 0 Å². The van der Waals surface area contributed by atoms with Crippen molar-refractivity contribution in [2.45, 2.75) is 20.0 Å². The Kier molecular flexibility index (Phi) is 4.83. The Morgan fingerprint density at radius 1 is 1.59 bits per heavy atom. The number of halogens is 1. The zero-order valence-electron chi connectivity index (χ0n) is 9.55. The van der Waals surface area contributed by atoms with Gasteiger partial charge in [0, 0.05) is 12.7 Å². The van der Waals surface area contributed by atoms with E-state index in [0.29, 0.717) is 10.2 Å². The lowest BCUT2D eigenvalue weighted by Gasteiger charge is -2.16. The first-order valence-corrected chi connectivity index (χ1v) is 5.92.